The first-order valence-corrected chi connectivity index (χ1v) is 7.42. The Hall–Kier alpha value is -2.58. The van der Waals surface area contributed by atoms with Crippen LogP contribution in [0.2, 0.25) is 0 Å². The third-order valence-corrected chi connectivity index (χ3v) is 3.82. The summed E-state index contributed by atoms with van der Waals surface area (Å²) in [6, 6.07) is 14.9. The Balaban J connectivity index is 2.28. The summed E-state index contributed by atoms with van der Waals surface area (Å²) in [6.07, 6.45) is 0. The molecule has 0 saturated heterocycles. The van der Waals surface area contributed by atoms with E-state index in [0.717, 1.165) is 0 Å². The smallest absolute Gasteiger partial charge is 0.353 e. The zero-order chi connectivity index (χ0) is 18.5. The van der Waals surface area contributed by atoms with Gasteiger partial charge in [0.2, 0.25) is 11.2 Å². The molecule has 0 bridgehead atoms. The molecule has 0 amide bonds. The normalized spacial score (nSPS) is 15.7. The molecule has 2 unspecified atom stereocenters. The Bertz CT molecular complexity index is 668. The van der Waals surface area contributed by atoms with Crippen LogP contribution in [0.5, 0.6) is 0 Å². The molecule has 0 aliphatic rings. The second kappa shape index (κ2) is 7.54. The number of hydrogen-bond acceptors (Lipinski definition) is 7. The molecular formula is C18H18O7. The van der Waals surface area contributed by atoms with Crippen molar-refractivity contribution in [2.45, 2.75) is 11.2 Å². The van der Waals surface area contributed by atoms with Crippen molar-refractivity contribution in [3.8, 4) is 0 Å². The molecule has 7 heteroatoms. The van der Waals surface area contributed by atoms with Crippen LogP contribution in [0.3, 0.4) is 0 Å². The summed E-state index contributed by atoms with van der Waals surface area (Å²) in [5.74, 6) is -2.93. The number of hydrogen-bond donors (Lipinski definition) is 4. The number of rotatable bonds is 6. The molecule has 2 rings (SSSR count). The van der Waals surface area contributed by atoms with Crippen molar-refractivity contribution in [1.29, 1.82) is 0 Å². The highest BCUT2D eigenvalue weighted by Gasteiger charge is 2.46. The predicted molar refractivity (Wildman–Crippen MR) is 85.9 cm³/mol. The van der Waals surface area contributed by atoms with E-state index in [-0.39, 0.29) is 11.1 Å². The van der Waals surface area contributed by atoms with Crippen LogP contribution in [0.25, 0.3) is 0 Å². The molecule has 132 valence electrons. The molecule has 0 aliphatic carbocycles. The maximum Gasteiger partial charge on any atom is 0.353 e. The third kappa shape index (κ3) is 3.59. The zero-order valence-corrected chi connectivity index (χ0v) is 13.2. The van der Waals surface area contributed by atoms with Crippen molar-refractivity contribution < 1.29 is 34.8 Å². The lowest BCUT2D eigenvalue weighted by Crippen LogP contribution is -2.47. The summed E-state index contributed by atoms with van der Waals surface area (Å²) in [5, 5.41) is 39.6. The standard InChI is InChI=1S/C18H18O7/c19-11-17(23,13-7-3-1-4-8-13)15(21)25-16(22)18(24,12-20)14-9-5-2-6-10-14/h1-10,19-20,23-24H,11-12H2. The topological polar surface area (TPSA) is 124 Å². The zero-order valence-electron chi connectivity index (χ0n) is 13.2. The largest absolute Gasteiger partial charge is 0.392 e. The Morgan fingerprint density at radius 1 is 0.720 bits per heavy atom. The average Bonchev–Trinajstić information content (AvgIpc) is 2.67. The van der Waals surface area contributed by atoms with Crippen molar-refractivity contribution in [2.24, 2.45) is 0 Å². The molecule has 7 nitrogen and oxygen atoms in total. The van der Waals surface area contributed by atoms with Crippen molar-refractivity contribution in [3.63, 3.8) is 0 Å². The number of esters is 2. The number of ether oxygens (including phenoxy) is 1. The van der Waals surface area contributed by atoms with Crippen LogP contribution in [0.15, 0.2) is 60.7 Å². The van der Waals surface area contributed by atoms with Crippen LogP contribution >= 0.6 is 0 Å². The Morgan fingerprint density at radius 2 is 1.04 bits per heavy atom. The molecule has 4 N–H and O–H groups in total. The molecule has 2 aromatic rings. The molecule has 25 heavy (non-hydrogen) atoms. The Morgan fingerprint density at radius 3 is 1.32 bits per heavy atom. The monoisotopic (exact) mass is 346 g/mol. The maximum atomic E-state index is 12.3. The van der Waals surface area contributed by atoms with Gasteiger partial charge in [-0.25, -0.2) is 9.59 Å². The van der Waals surface area contributed by atoms with E-state index in [2.05, 4.69) is 4.74 Å². The summed E-state index contributed by atoms with van der Waals surface area (Å²) >= 11 is 0. The summed E-state index contributed by atoms with van der Waals surface area (Å²) in [7, 11) is 0. The fourth-order valence-corrected chi connectivity index (χ4v) is 2.23. The van der Waals surface area contributed by atoms with E-state index in [1.54, 1.807) is 12.1 Å². The summed E-state index contributed by atoms with van der Waals surface area (Å²) in [6.45, 7) is -2.07. The molecule has 0 spiro atoms. The van der Waals surface area contributed by atoms with Gasteiger partial charge in [-0.3, -0.25) is 0 Å². The van der Waals surface area contributed by atoms with Gasteiger partial charge in [-0.1, -0.05) is 60.7 Å². The second-order valence-corrected chi connectivity index (χ2v) is 5.45. The quantitative estimate of drug-likeness (QED) is 0.422. The van der Waals surface area contributed by atoms with Gasteiger partial charge in [0.25, 0.3) is 0 Å². The van der Waals surface area contributed by atoms with Crippen molar-refractivity contribution in [1.82, 2.24) is 0 Å². The molecule has 2 atom stereocenters. The highest BCUT2D eigenvalue weighted by Crippen LogP contribution is 2.26. The summed E-state index contributed by atoms with van der Waals surface area (Å²) in [4.78, 5) is 24.5. The van der Waals surface area contributed by atoms with Gasteiger partial charge in [0.1, 0.15) is 0 Å². The third-order valence-electron chi connectivity index (χ3n) is 3.82. The molecule has 0 fully saturated rings. The highest BCUT2D eigenvalue weighted by molar-refractivity contribution is 5.95. The van der Waals surface area contributed by atoms with Gasteiger partial charge in [0.15, 0.2) is 0 Å². The first-order chi connectivity index (χ1) is 11.9. The molecule has 2 aromatic carbocycles. The molecule has 0 radical (unpaired) electrons. The van der Waals surface area contributed by atoms with Crippen LogP contribution in [0, 0.1) is 0 Å². The van der Waals surface area contributed by atoms with Gasteiger partial charge in [-0.05, 0) is 11.1 Å². The molecule has 0 aromatic heterocycles. The van der Waals surface area contributed by atoms with Crippen LogP contribution in [0.1, 0.15) is 11.1 Å². The van der Waals surface area contributed by atoms with E-state index in [1.807, 2.05) is 0 Å². The molecule has 0 heterocycles. The highest BCUT2D eigenvalue weighted by atomic mass is 16.6. The minimum atomic E-state index is -2.48. The van der Waals surface area contributed by atoms with E-state index in [0.29, 0.717) is 0 Å². The summed E-state index contributed by atoms with van der Waals surface area (Å²) < 4.78 is 4.57. The molecule has 0 saturated carbocycles. The first kappa shape index (κ1) is 18.8. The fraction of sp³-hybridized carbons (Fsp3) is 0.222. The van der Waals surface area contributed by atoms with E-state index in [4.69, 9.17) is 0 Å². The van der Waals surface area contributed by atoms with Crippen LogP contribution in [0.4, 0.5) is 0 Å². The Kier molecular flexibility index (Phi) is 5.66. The Labute approximate surface area is 143 Å². The van der Waals surface area contributed by atoms with E-state index < -0.39 is 36.4 Å². The SMILES string of the molecule is O=C(OC(=O)C(O)(CO)c1ccccc1)C(O)(CO)c1ccccc1. The van der Waals surface area contributed by atoms with Crippen LogP contribution in [-0.2, 0) is 25.5 Å². The number of benzene rings is 2. The molecule has 0 aliphatic heterocycles. The van der Waals surface area contributed by atoms with Gasteiger partial charge < -0.3 is 25.2 Å². The van der Waals surface area contributed by atoms with Gasteiger partial charge >= 0.3 is 11.9 Å². The first-order valence-electron chi connectivity index (χ1n) is 7.42. The average molecular weight is 346 g/mol. The number of carbonyl (C=O) groups excluding carboxylic acids is 2. The number of aliphatic hydroxyl groups excluding tert-OH is 2. The van der Waals surface area contributed by atoms with Gasteiger partial charge in [0.05, 0.1) is 13.2 Å². The van der Waals surface area contributed by atoms with Gasteiger partial charge in [0, 0.05) is 0 Å². The van der Waals surface area contributed by atoms with Crippen molar-refractivity contribution in [3.05, 3.63) is 71.8 Å². The predicted octanol–water partition coefficient (Wildman–Crippen LogP) is -0.184. The number of carbonyl (C=O) groups is 2. The maximum absolute atomic E-state index is 12.3. The lowest BCUT2D eigenvalue weighted by molar-refractivity contribution is -0.191. The fourth-order valence-electron chi connectivity index (χ4n) is 2.23. The summed E-state index contributed by atoms with van der Waals surface area (Å²) in [5.41, 5.74) is -4.93. The molecular weight excluding hydrogens is 328 g/mol. The van der Waals surface area contributed by atoms with E-state index >= 15 is 0 Å². The minimum absolute atomic E-state index is 0.0162. The minimum Gasteiger partial charge on any atom is -0.392 e. The van der Waals surface area contributed by atoms with Crippen LogP contribution in [-0.4, -0.2) is 45.6 Å². The van der Waals surface area contributed by atoms with Crippen molar-refractivity contribution in [2.75, 3.05) is 13.2 Å². The van der Waals surface area contributed by atoms with E-state index in [9.17, 15) is 30.0 Å². The lowest BCUT2D eigenvalue weighted by atomic mass is 9.93. The number of aliphatic hydroxyl groups is 4. The van der Waals surface area contributed by atoms with Crippen molar-refractivity contribution >= 4 is 11.9 Å². The van der Waals surface area contributed by atoms with E-state index in [1.165, 1.54) is 48.5 Å². The lowest BCUT2D eigenvalue weighted by Gasteiger charge is -2.27. The second-order valence-electron chi connectivity index (χ2n) is 5.45. The van der Waals surface area contributed by atoms with Gasteiger partial charge in [-0.2, -0.15) is 0 Å². The van der Waals surface area contributed by atoms with Crippen LogP contribution < -0.4 is 0 Å². The van der Waals surface area contributed by atoms with Gasteiger partial charge in [-0.15, -0.1) is 0 Å².